The topological polar surface area (TPSA) is 60.4 Å². The molecule has 0 radical (unpaired) electrons. The summed E-state index contributed by atoms with van der Waals surface area (Å²) in [6, 6.07) is 0. The molecular weight excluding hydrogens is 192 g/mol. The van der Waals surface area contributed by atoms with Gasteiger partial charge in [0.05, 0.1) is 5.60 Å². The van der Waals surface area contributed by atoms with Crippen LogP contribution in [0.25, 0.3) is 0 Å². The second kappa shape index (κ2) is 2.76. The Balaban J connectivity index is 1.89. The van der Waals surface area contributed by atoms with Gasteiger partial charge in [-0.05, 0) is 62.2 Å². The van der Waals surface area contributed by atoms with E-state index in [1.807, 2.05) is 0 Å². The minimum absolute atomic E-state index is 0.127. The molecule has 4 bridgehead atoms. The molecule has 4 aliphatic carbocycles. The molecule has 2 unspecified atom stereocenters. The highest BCUT2D eigenvalue weighted by Crippen LogP contribution is 2.62. The number of hydrogen-bond donors (Lipinski definition) is 1. The molecule has 4 saturated carbocycles. The van der Waals surface area contributed by atoms with E-state index in [1.165, 1.54) is 6.42 Å². The van der Waals surface area contributed by atoms with Crippen LogP contribution in [0, 0.1) is 17.3 Å². The number of hydrogen-bond acceptors (Lipinski definition) is 3. The molecule has 0 heterocycles. The summed E-state index contributed by atoms with van der Waals surface area (Å²) in [5, 5.41) is 21.2. The first-order chi connectivity index (χ1) is 6.99. The van der Waals surface area contributed by atoms with Gasteiger partial charge in [0.25, 0.3) is 0 Å². The van der Waals surface area contributed by atoms with Crippen LogP contribution < -0.4 is 5.11 Å². The molecule has 0 spiro atoms. The quantitative estimate of drug-likeness (QED) is 0.718. The highest BCUT2D eigenvalue weighted by Gasteiger charge is 2.56. The average molecular weight is 209 g/mol. The molecule has 4 fully saturated rings. The standard InChI is InChI=1S/C12H18O3/c13-10(14)6-11-2-8-1-9(3-11)5-12(15,4-8)7-11/h8-9,15H,1-7H2,(H,13,14)/p-1/t8-,9+,11?,12?. The maximum atomic E-state index is 10.8. The molecule has 15 heavy (non-hydrogen) atoms. The van der Waals surface area contributed by atoms with Gasteiger partial charge in [-0.1, -0.05) is 0 Å². The van der Waals surface area contributed by atoms with E-state index >= 15 is 0 Å². The summed E-state index contributed by atoms with van der Waals surface area (Å²) in [4.78, 5) is 10.8. The maximum Gasteiger partial charge on any atom is 0.0658 e. The Hall–Kier alpha value is -0.570. The number of carbonyl (C=O) groups excluding carboxylic acids is 1. The van der Waals surface area contributed by atoms with E-state index in [0.717, 1.165) is 25.7 Å². The second-order valence-corrected chi connectivity index (χ2v) is 6.23. The number of carboxylic acid groups (broad SMARTS) is 1. The lowest BCUT2D eigenvalue weighted by atomic mass is 9.47. The van der Waals surface area contributed by atoms with Gasteiger partial charge >= 0.3 is 0 Å². The molecule has 0 saturated heterocycles. The van der Waals surface area contributed by atoms with Crippen LogP contribution in [0.4, 0.5) is 0 Å². The molecule has 1 N–H and O–H groups in total. The van der Waals surface area contributed by atoms with Crippen molar-refractivity contribution in [3.8, 4) is 0 Å². The van der Waals surface area contributed by atoms with Gasteiger partial charge in [-0.25, -0.2) is 0 Å². The summed E-state index contributed by atoms with van der Waals surface area (Å²) in [5.74, 6) is 0.187. The van der Waals surface area contributed by atoms with Crippen molar-refractivity contribution < 1.29 is 15.0 Å². The third kappa shape index (κ3) is 1.48. The smallest absolute Gasteiger partial charge is 0.0658 e. The van der Waals surface area contributed by atoms with Gasteiger partial charge in [0.1, 0.15) is 0 Å². The predicted octanol–water partition coefficient (Wildman–Crippen LogP) is 0.458. The van der Waals surface area contributed by atoms with Crippen molar-refractivity contribution in [2.45, 2.75) is 50.5 Å². The SMILES string of the molecule is O=C([O-])CC12C[C@@H]3C[C@@H](CC(O)(C3)C1)C2. The van der Waals surface area contributed by atoms with Crippen LogP contribution >= 0.6 is 0 Å². The Bertz CT molecular complexity index is 296. The Morgan fingerprint density at radius 2 is 1.87 bits per heavy atom. The molecule has 0 aromatic rings. The molecule has 0 aromatic heterocycles. The van der Waals surface area contributed by atoms with Crippen LogP contribution in [-0.2, 0) is 4.79 Å². The maximum absolute atomic E-state index is 10.8. The fraction of sp³-hybridized carbons (Fsp3) is 0.917. The second-order valence-electron chi connectivity index (χ2n) is 6.23. The van der Waals surface area contributed by atoms with Crippen molar-refractivity contribution in [1.29, 1.82) is 0 Å². The van der Waals surface area contributed by atoms with Crippen LogP contribution in [0.2, 0.25) is 0 Å². The zero-order chi connectivity index (χ0) is 10.7. The summed E-state index contributed by atoms with van der Waals surface area (Å²) in [6.07, 6.45) is 5.86. The predicted molar refractivity (Wildman–Crippen MR) is 51.7 cm³/mol. The summed E-state index contributed by atoms with van der Waals surface area (Å²) in [5.41, 5.74) is -0.669. The third-order valence-corrected chi connectivity index (χ3v) is 4.67. The Labute approximate surface area is 89.5 Å². The molecule has 0 aliphatic heterocycles. The van der Waals surface area contributed by atoms with E-state index < -0.39 is 11.6 Å². The van der Waals surface area contributed by atoms with Crippen molar-refractivity contribution in [3.05, 3.63) is 0 Å². The normalized spacial score (nSPS) is 52.1. The zero-order valence-electron chi connectivity index (χ0n) is 8.87. The summed E-state index contributed by atoms with van der Waals surface area (Å²) in [7, 11) is 0. The number of aliphatic carboxylic acids is 1. The molecule has 4 rings (SSSR count). The zero-order valence-corrected chi connectivity index (χ0v) is 8.87. The molecule has 3 nitrogen and oxygen atoms in total. The lowest BCUT2D eigenvalue weighted by Gasteiger charge is -2.60. The monoisotopic (exact) mass is 209 g/mol. The fourth-order valence-corrected chi connectivity index (χ4v) is 4.91. The average Bonchev–Trinajstić information content (AvgIpc) is 1.94. The van der Waals surface area contributed by atoms with Gasteiger partial charge < -0.3 is 15.0 Å². The van der Waals surface area contributed by atoms with Crippen LogP contribution in [-0.4, -0.2) is 16.7 Å². The van der Waals surface area contributed by atoms with E-state index in [1.54, 1.807) is 0 Å². The fourth-order valence-electron chi connectivity index (χ4n) is 4.91. The van der Waals surface area contributed by atoms with E-state index in [9.17, 15) is 15.0 Å². The minimum atomic E-state index is -0.944. The van der Waals surface area contributed by atoms with Gasteiger partial charge in [-0.15, -0.1) is 0 Å². The molecule has 4 aliphatic rings. The number of rotatable bonds is 2. The highest BCUT2D eigenvalue weighted by molar-refractivity contribution is 5.65. The molecule has 84 valence electrons. The molecule has 0 amide bonds. The summed E-state index contributed by atoms with van der Waals surface area (Å²) >= 11 is 0. The Morgan fingerprint density at radius 3 is 2.33 bits per heavy atom. The van der Waals surface area contributed by atoms with Crippen LogP contribution in [0.15, 0.2) is 0 Å². The molecular formula is C12H17O3-. The molecule has 0 aromatic carbocycles. The first kappa shape index (κ1) is 9.64. The van der Waals surface area contributed by atoms with Crippen LogP contribution in [0.3, 0.4) is 0 Å². The van der Waals surface area contributed by atoms with Crippen LogP contribution in [0.5, 0.6) is 0 Å². The van der Waals surface area contributed by atoms with Crippen molar-refractivity contribution in [2.75, 3.05) is 0 Å². The lowest BCUT2D eigenvalue weighted by molar-refractivity contribution is -0.311. The summed E-state index contributed by atoms with van der Waals surface area (Å²) in [6.45, 7) is 0. The number of carbonyl (C=O) groups is 1. The third-order valence-electron chi connectivity index (χ3n) is 4.67. The van der Waals surface area contributed by atoms with Crippen LogP contribution in [0.1, 0.15) is 44.9 Å². The van der Waals surface area contributed by atoms with Crippen molar-refractivity contribution in [1.82, 2.24) is 0 Å². The number of carboxylic acids is 1. The van der Waals surface area contributed by atoms with Gasteiger partial charge in [0.15, 0.2) is 0 Å². The molecule has 4 atom stereocenters. The largest absolute Gasteiger partial charge is 0.550 e. The highest BCUT2D eigenvalue weighted by atomic mass is 16.4. The van der Waals surface area contributed by atoms with E-state index in [4.69, 9.17) is 0 Å². The number of aliphatic hydroxyl groups is 1. The van der Waals surface area contributed by atoms with Crippen molar-refractivity contribution >= 4 is 5.97 Å². The Morgan fingerprint density at radius 1 is 1.27 bits per heavy atom. The van der Waals surface area contributed by atoms with Gasteiger partial charge in [-0.3, -0.25) is 0 Å². The van der Waals surface area contributed by atoms with E-state index in [2.05, 4.69) is 0 Å². The van der Waals surface area contributed by atoms with Crippen molar-refractivity contribution in [3.63, 3.8) is 0 Å². The van der Waals surface area contributed by atoms with Gasteiger partial charge in [0.2, 0.25) is 0 Å². The summed E-state index contributed by atoms with van der Waals surface area (Å²) < 4.78 is 0. The first-order valence-corrected chi connectivity index (χ1v) is 5.91. The van der Waals surface area contributed by atoms with Crippen molar-refractivity contribution in [2.24, 2.45) is 17.3 Å². The first-order valence-electron chi connectivity index (χ1n) is 5.91. The lowest BCUT2D eigenvalue weighted by Crippen LogP contribution is -2.56. The van der Waals surface area contributed by atoms with E-state index in [-0.39, 0.29) is 11.8 Å². The van der Waals surface area contributed by atoms with Gasteiger partial charge in [-0.2, -0.15) is 0 Å². The molecule has 3 heteroatoms. The van der Waals surface area contributed by atoms with E-state index in [0.29, 0.717) is 18.3 Å². The Kier molecular flexibility index (Phi) is 1.77. The van der Waals surface area contributed by atoms with Gasteiger partial charge in [0, 0.05) is 5.97 Å². The minimum Gasteiger partial charge on any atom is -0.550 e.